The summed E-state index contributed by atoms with van der Waals surface area (Å²) in [4.78, 5) is 18.4. The van der Waals surface area contributed by atoms with Gasteiger partial charge in [-0.05, 0) is 51.5 Å². The van der Waals surface area contributed by atoms with Gasteiger partial charge < -0.3 is 15.0 Å². The second kappa shape index (κ2) is 8.95. The molecule has 1 N–H and O–H groups in total. The van der Waals surface area contributed by atoms with E-state index in [4.69, 9.17) is 16.4 Å². The molecule has 1 saturated carbocycles. The molecule has 2 atom stereocenters. The quantitative estimate of drug-likeness (QED) is 0.772. The lowest BCUT2D eigenvalue weighted by molar-refractivity contribution is -0.131. The zero-order valence-electron chi connectivity index (χ0n) is 16.6. The van der Waals surface area contributed by atoms with Gasteiger partial charge in [0.2, 0.25) is 11.8 Å². The van der Waals surface area contributed by atoms with Crippen LogP contribution in [0.2, 0.25) is 0 Å². The summed E-state index contributed by atoms with van der Waals surface area (Å²) >= 11 is 0. The standard InChI is InChI=1S/C22H25N5O2/c1-3-17-5-6-18(13-24)27(17)21(28)15-26-22(2)10-8-19(9-11-22)29-20-7-4-16(12-23)14-25-20/h1,4,7,14,17-19,26H,5-6,8-11,15H2,2H3/t17-,18-,19?,22?/m0/s1. The maximum Gasteiger partial charge on any atom is 0.238 e. The molecule has 0 aromatic carbocycles. The van der Waals surface area contributed by atoms with Crippen molar-refractivity contribution in [3.63, 3.8) is 0 Å². The number of terminal acetylenes is 1. The number of hydrogen-bond donors (Lipinski definition) is 1. The van der Waals surface area contributed by atoms with Gasteiger partial charge in [-0.1, -0.05) is 5.92 Å². The number of nitrogens with zero attached hydrogens (tertiary/aromatic N) is 4. The van der Waals surface area contributed by atoms with E-state index in [2.05, 4.69) is 29.2 Å². The smallest absolute Gasteiger partial charge is 0.238 e. The normalized spacial score (nSPS) is 28.8. The van der Waals surface area contributed by atoms with Crippen molar-refractivity contribution in [3.8, 4) is 30.4 Å². The molecule has 1 aliphatic heterocycles. The minimum Gasteiger partial charge on any atom is -0.474 e. The molecule has 3 rings (SSSR count). The Kier molecular flexibility index (Phi) is 6.37. The maximum atomic E-state index is 12.7. The van der Waals surface area contributed by atoms with Gasteiger partial charge in [-0.2, -0.15) is 10.5 Å². The van der Waals surface area contributed by atoms with Gasteiger partial charge in [0.25, 0.3) is 0 Å². The molecular weight excluding hydrogens is 366 g/mol. The summed E-state index contributed by atoms with van der Waals surface area (Å²) in [5, 5.41) is 21.5. The lowest BCUT2D eigenvalue weighted by atomic mass is 9.82. The number of carbonyl (C=O) groups is 1. The van der Waals surface area contributed by atoms with Gasteiger partial charge >= 0.3 is 0 Å². The van der Waals surface area contributed by atoms with Gasteiger partial charge in [0, 0.05) is 17.8 Å². The predicted octanol–water partition coefficient (Wildman–Crippen LogP) is 2.14. The van der Waals surface area contributed by atoms with Crippen molar-refractivity contribution in [1.82, 2.24) is 15.2 Å². The molecule has 1 aliphatic carbocycles. The van der Waals surface area contributed by atoms with Crippen LogP contribution in [0.5, 0.6) is 5.88 Å². The predicted molar refractivity (Wildman–Crippen MR) is 106 cm³/mol. The molecule has 1 saturated heterocycles. The fourth-order valence-electron chi connectivity index (χ4n) is 4.04. The Morgan fingerprint density at radius 3 is 2.62 bits per heavy atom. The van der Waals surface area contributed by atoms with E-state index in [1.165, 1.54) is 6.20 Å². The first-order chi connectivity index (χ1) is 14.0. The highest BCUT2D eigenvalue weighted by Crippen LogP contribution is 2.30. The number of carbonyl (C=O) groups excluding carboxylic acids is 1. The molecule has 0 bridgehead atoms. The van der Waals surface area contributed by atoms with Gasteiger partial charge in [-0.15, -0.1) is 6.42 Å². The minimum absolute atomic E-state index is 0.0633. The Morgan fingerprint density at radius 2 is 2.03 bits per heavy atom. The van der Waals surface area contributed by atoms with Crippen molar-refractivity contribution in [1.29, 1.82) is 10.5 Å². The van der Waals surface area contributed by atoms with Gasteiger partial charge in [-0.25, -0.2) is 4.98 Å². The average Bonchev–Trinajstić information content (AvgIpc) is 3.18. The monoisotopic (exact) mass is 391 g/mol. The van der Waals surface area contributed by atoms with Crippen LogP contribution in [0.25, 0.3) is 0 Å². The third-order valence-corrected chi connectivity index (χ3v) is 5.87. The van der Waals surface area contributed by atoms with Crippen molar-refractivity contribution >= 4 is 5.91 Å². The van der Waals surface area contributed by atoms with Crippen LogP contribution in [0.3, 0.4) is 0 Å². The Labute approximate surface area is 171 Å². The van der Waals surface area contributed by atoms with Crippen molar-refractivity contribution in [2.24, 2.45) is 0 Å². The van der Waals surface area contributed by atoms with Crippen LogP contribution in [0.1, 0.15) is 51.0 Å². The molecule has 29 heavy (non-hydrogen) atoms. The molecule has 7 heteroatoms. The first-order valence-corrected chi connectivity index (χ1v) is 9.93. The van der Waals surface area contributed by atoms with Gasteiger partial charge in [0.1, 0.15) is 18.2 Å². The molecule has 0 spiro atoms. The molecule has 2 fully saturated rings. The average molecular weight is 391 g/mol. The fraction of sp³-hybridized carbons (Fsp3) is 0.545. The molecule has 0 radical (unpaired) electrons. The second-order valence-electron chi connectivity index (χ2n) is 7.93. The molecule has 0 unspecified atom stereocenters. The van der Waals surface area contributed by atoms with Gasteiger partial charge in [0.15, 0.2) is 0 Å². The molecular formula is C22H25N5O2. The zero-order chi connectivity index (χ0) is 20.9. The SMILES string of the molecule is C#C[C@H]1CC[C@@H](C#N)N1C(=O)CNC1(C)CCC(Oc2ccc(C#N)cn2)CC1. The molecule has 1 amide bonds. The van der Waals surface area contributed by atoms with Crippen molar-refractivity contribution < 1.29 is 9.53 Å². The number of hydrogen-bond acceptors (Lipinski definition) is 6. The molecule has 7 nitrogen and oxygen atoms in total. The third kappa shape index (κ3) is 4.86. The summed E-state index contributed by atoms with van der Waals surface area (Å²) in [5.41, 5.74) is 0.340. The summed E-state index contributed by atoms with van der Waals surface area (Å²) in [7, 11) is 0. The molecule has 2 aliphatic rings. The van der Waals surface area contributed by atoms with E-state index >= 15 is 0 Å². The fourth-order valence-corrected chi connectivity index (χ4v) is 4.04. The highest BCUT2D eigenvalue weighted by atomic mass is 16.5. The highest BCUT2D eigenvalue weighted by molar-refractivity contribution is 5.80. The van der Waals surface area contributed by atoms with E-state index in [0.29, 0.717) is 24.3 Å². The Morgan fingerprint density at radius 1 is 1.31 bits per heavy atom. The van der Waals surface area contributed by atoms with Crippen molar-refractivity contribution in [2.45, 2.75) is 69.2 Å². The number of nitriles is 2. The highest BCUT2D eigenvalue weighted by Gasteiger charge is 2.37. The summed E-state index contributed by atoms with van der Waals surface area (Å²) in [6.45, 7) is 2.29. The van der Waals surface area contributed by atoms with E-state index in [-0.39, 0.29) is 30.1 Å². The number of pyridine rings is 1. The molecule has 150 valence electrons. The van der Waals surface area contributed by atoms with E-state index < -0.39 is 6.04 Å². The molecule has 2 heterocycles. The van der Waals surface area contributed by atoms with Crippen LogP contribution in [0, 0.1) is 35.0 Å². The maximum absolute atomic E-state index is 12.7. The number of rotatable bonds is 5. The van der Waals surface area contributed by atoms with Crippen LogP contribution >= 0.6 is 0 Å². The summed E-state index contributed by atoms with van der Waals surface area (Å²) in [6, 6.07) is 6.92. The van der Waals surface area contributed by atoms with Crippen molar-refractivity contribution in [2.75, 3.05) is 6.54 Å². The van der Waals surface area contributed by atoms with Gasteiger partial charge in [-0.3, -0.25) is 4.79 Å². The molecule has 1 aromatic rings. The minimum atomic E-state index is -0.429. The Hall–Kier alpha value is -3.08. The second-order valence-corrected chi connectivity index (χ2v) is 7.93. The number of ether oxygens (including phenoxy) is 1. The summed E-state index contributed by atoms with van der Waals surface area (Å²) in [5.74, 6) is 3.04. The van der Waals surface area contributed by atoms with E-state index in [0.717, 1.165) is 25.7 Å². The topological polar surface area (TPSA) is 102 Å². The first kappa shape index (κ1) is 20.6. The number of amides is 1. The van der Waals surface area contributed by atoms with Crippen LogP contribution in [-0.4, -0.2) is 46.1 Å². The zero-order valence-corrected chi connectivity index (χ0v) is 16.6. The number of likely N-dealkylation sites (tertiary alicyclic amines) is 1. The van der Waals surface area contributed by atoms with Crippen LogP contribution in [0.15, 0.2) is 18.3 Å². The Bertz CT molecular complexity index is 831. The number of nitrogens with one attached hydrogen (secondary N) is 1. The lowest BCUT2D eigenvalue weighted by Gasteiger charge is -2.38. The Balaban J connectivity index is 1.49. The van der Waals surface area contributed by atoms with Crippen LogP contribution in [0.4, 0.5) is 0 Å². The third-order valence-electron chi connectivity index (χ3n) is 5.87. The van der Waals surface area contributed by atoms with E-state index in [1.54, 1.807) is 17.0 Å². The number of aromatic nitrogens is 1. The largest absolute Gasteiger partial charge is 0.474 e. The van der Waals surface area contributed by atoms with E-state index in [1.807, 2.05) is 6.07 Å². The summed E-state index contributed by atoms with van der Waals surface area (Å²) in [6.07, 6.45) is 11.8. The van der Waals surface area contributed by atoms with Crippen LogP contribution < -0.4 is 10.1 Å². The van der Waals surface area contributed by atoms with Gasteiger partial charge in [0.05, 0.1) is 24.2 Å². The first-order valence-electron chi connectivity index (χ1n) is 9.93. The molecule has 1 aromatic heterocycles. The van der Waals surface area contributed by atoms with E-state index in [9.17, 15) is 10.1 Å². The lowest BCUT2D eigenvalue weighted by Crippen LogP contribution is -2.52. The van der Waals surface area contributed by atoms with Crippen molar-refractivity contribution in [3.05, 3.63) is 23.9 Å². The van der Waals surface area contributed by atoms with Crippen LogP contribution in [-0.2, 0) is 4.79 Å². The summed E-state index contributed by atoms with van der Waals surface area (Å²) < 4.78 is 5.93.